The number of anilines is 1. The zero-order valence-electron chi connectivity index (χ0n) is 12.0. The average Bonchev–Trinajstić information content (AvgIpc) is 3.06. The Hall–Kier alpha value is -1.89. The fraction of sp³-hybridized carbons (Fsp3) is 0.500. The maximum atomic E-state index is 12.3. The minimum atomic E-state index is 0.104. The van der Waals surface area contributed by atoms with E-state index in [0.717, 1.165) is 43.4 Å². The molecule has 6 nitrogen and oxygen atoms in total. The molecule has 1 saturated heterocycles. The van der Waals surface area contributed by atoms with E-state index in [1.165, 1.54) is 0 Å². The van der Waals surface area contributed by atoms with Gasteiger partial charge >= 0.3 is 0 Å². The molecule has 0 radical (unpaired) electrons. The molecule has 0 bridgehead atoms. The summed E-state index contributed by atoms with van der Waals surface area (Å²) >= 11 is 1.64. The number of aryl methyl sites for hydroxylation is 1. The zero-order chi connectivity index (χ0) is 14.7. The maximum Gasteiger partial charge on any atom is 0.230 e. The fourth-order valence-corrected chi connectivity index (χ4v) is 3.19. The summed E-state index contributed by atoms with van der Waals surface area (Å²) in [6.07, 6.45) is 3.07. The third-order valence-electron chi connectivity index (χ3n) is 3.54. The van der Waals surface area contributed by atoms with Gasteiger partial charge in [-0.2, -0.15) is 0 Å². The molecule has 0 unspecified atom stereocenters. The predicted molar refractivity (Wildman–Crippen MR) is 80.5 cm³/mol. The van der Waals surface area contributed by atoms with Gasteiger partial charge in [0, 0.05) is 43.8 Å². The Morgan fingerprint density at radius 3 is 3.00 bits per heavy atom. The van der Waals surface area contributed by atoms with Crippen LogP contribution in [0.4, 0.5) is 5.13 Å². The molecule has 0 atom stereocenters. The third-order valence-corrected chi connectivity index (χ3v) is 4.37. The van der Waals surface area contributed by atoms with Crippen LogP contribution in [0.3, 0.4) is 0 Å². The van der Waals surface area contributed by atoms with Crippen LogP contribution in [0.25, 0.3) is 0 Å². The second-order valence-electron chi connectivity index (χ2n) is 5.15. The Balaban J connectivity index is 1.58. The summed E-state index contributed by atoms with van der Waals surface area (Å²) in [5.74, 6) is 0.741. The van der Waals surface area contributed by atoms with Crippen molar-refractivity contribution >= 4 is 22.4 Å². The summed E-state index contributed by atoms with van der Waals surface area (Å²) < 4.78 is 5.12. The van der Waals surface area contributed by atoms with E-state index < -0.39 is 0 Å². The quantitative estimate of drug-likeness (QED) is 0.864. The van der Waals surface area contributed by atoms with Crippen LogP contribution in [0.15, 0.2) is 22.2 Å². The molecule has 3 rings (SSSR count). The molecule has 7 heteroatoms. The summed E-state index contributed by atoms with van der Waals surface area (Å²) in [5, 5.41) is 6.84. The van der Waals surface area contributed by atoms with Crippen LogP contribution in [-0.2, 0) is 11.2 Å². The van der Waals surface area contributed by atoms with E-state index >= 15 is 0 Å². The van der Waals surface area contributed by atoms with Gasteiger partial charge in [-0.3, -0.25) is 4.79 Å². The Kier molecular flexibility index (Phi) is 4.19. The van der Waals surface area contributed by atoms with Crippen molar-refractivity contribution in [3.63, 3.8) is 0 Å². The number of aromatic nitrogens is 2. The van der Waals surface area contributed by atoms with E-state index in [-0.39, 0.29) is 12.3 Å². The van der Waals surface area contributed by atoms with Crippen LogP contribution in [0.5, 0.6) is 0 Å². The first-order chi connectivity index (χ1) is 10.2. The van der Waals surface area contributed by atoms with Gasteiger partial charge in [-0.05, 0) is 13.3 Å². The molecular formula is C14H18N4O2S. The largest absolute Gasteiger partial charge is 0.361 e. The van der Waals surface area contributed by atoms with E-state index in [4.69, 9.17) is 4.52 Å². The highest BCUT2D eigenvalue weighted by atomic mass is 32.1. The molecular weight excluding hydrogens is 288 g/mol. The normalized spacial score (nSPS) is 16.0. The number of amides is 1. The summed E-state index contributed by atoms with van der Waals surface area (Å²) in [5.41, 5.74) is 0.809. The molecule has 1 aliphatic heterocycles. The average molecular weight is 306 g/mol. The van der Waals surface area contributed by atoms with Gasteiger partial charge in [-0.1, -0.05) is 5.16 Å². The lowest BCUT2D eigenvalue weighted by atomic mass is 10.2. The van der Waals surface area contributed by atoms with Crippen LogP contribution in [-0.4, -0.2) is 47.1 Å². The Bertz CT molecular complexity index is 596. The van der Waals surface area contributed by atoms with Crippen molar-refractivity contribution in [3.8, 4) is 0 Å². The van der Waals surface area contributed by atoms with E-state index in [2.05, 4.69) is 15.0 Å². The number of hydrogen-bond acceptors (Lipinski definition) is 6. The molecule has 0 saturated carbocycles. The molecule has 0 aliphatic carbocycles. The van der Waals surface area contributed by atoms with Crippen LogP contribution < -0.4 is 4.90 Å². The number of rotatable bonds is 3. The first-order valence-corrected chi connectivity index (χ1v) is 7.95. The van der Waals surface area contributed by atoms with Gasteiger partial charge in [-0.15, -0.1) is 11.3 Å². The standard InChI is InChI=1S/C14H18N4O2S/c1-11-9-12(20-16-11)10-13(19)17-4-2-5-18(7-6-17)14-15-3-8-21-14/h3,8-9H,2,4-7,10H2,1H3. The SMILES string of the molecule is Cc1cc(CC(=O)N2CCCN(c3nccs3)CC2)on1. The van der Waals surface area contributed by atoms with Gasteiger partial charge in [0.05, 0.1) is 12.1 Å². The number of nitrogens with zero attached hydrogens (tertiary/aromatic N) is 4. The third kappa shape index (κ3) is 3.41. The van der Waals surface area contributed by atoms with E-state index in [9.17, 15) is 4.79 Å². The number of hydrogen-bond donors (Lipinski definition) is 0. The van der Waals surface area contributed by atoms with Crippen molar-refractivity contribution in [2.75, 3.05) is 31.1 Å². The van der Waals surface area contributed by atoms with Gasteiger partial charge in [0.1, 0.15) is 5.76 Å². The van der Waals surface area contributed by atoms with Crippen LogP contribution in [0, 0.1) is 6.92 Å². The molecule has 0 spiro atoms. The monoisotopic (exact) mass is 306 g/mol. The first-order valence-electron chi connectivity index (χ1n) is 7.07. The van der Waals surface area contributed by atoms with Crippen LogP contribution in [0.1, 0.15) is 17.9 Å². The Labute approximate surface area is 127 Å². The van der Waals surface area contributed by atoms with E-state index in [0.29, 0.717) is 5.76 Å². The Morgan fingerprint density at radius 2 is 2.29 bits per heavy atom. The first kappa shape index (κ1) is 14.1. The molecule has 1 fully saturated rings. The zero-order valence-corrected chi connectivity index (χ0v) is 12.8. The lowest BCUT2D eigenvalue weighted by Gasteiger charge is -2.21. The number of thiazole rings is 1. The molecule has 21 heavy (non-hydrogen) atoms. The summed E-state index contributed by atoms with van der Waals surface area (Å²) in [7, 11) is 0. The van der Waals surface area contributed by atoms with Crippen molar-refractivity contribution in [1.29, 1.82) is 0 Å². The maximum absolute atomic E-state index is 12.3. The van der Waals surface area contributed by atoms with Crippen molar-refractivity contribution in [2.45, 2.75) is 19.8 Å². The highest BCUT2D eigenvalue weighted by Crippen LogP contribution is 2.19. The minimum Gasteiger partial charge on any atom is -0.361 e. The van der Waals surface area contributed by atoms with Gasteiger partial charge < -0.3 is 14.3 Å². The highest BCUT2D eigenvalue weighted by Gasteiger charge is 2.21. The van der Waals surface area contributed by atoms with Crippen LogP contribution in [0.2, 0.25) is 0 Å². The van der Waals surface area contributed by atoms with Crippen LogP contribution >= 0.6 is 11.3 Å². The minimum absolute atomic E-state index is 0.104. The summed E-state index contributed by atoms with van der Waals surface area (Å²) in [6, 6.07) is 1.82. The lowest BCUT2D eigenvalue weighted by molar-refractivity contribution is -0.130. The lowest BCUT2D eigenvalue weighted by Crippen LogP contribution is -2.36. The van der Waals surface area contributed by atoms with Crippen molar-refractivity contribution < 1.29 is 9.32 Å². The molecule has 1 amide bonds. The van der Waals surface area contributed by atoms with Crippen molar-refractivity contribution in [3.05, 3.63) is 29.1 Å². The highest BCUT2D eigenvalue weighted by molar-refractivity contribution is 7.13. The smallest absolute Gasteiger partial charge is 0.230 e. The molecule has 0 N–H and O–H groups in total. The van der Waals surface area contributed by atoms with E-state index in [1.807, 2.05) is 29.5 Å². The van der Waals surface area contributed by atoms with Crippen molar-refractivity contribution in [1.82, 2.24) is 15.0 Å². The Morgan fingerprint density at radius 1 is 1.38 bits per heavy atom. The molecule has 1 aliphatic rings. The second-order valence-corrected chi connectivity index (χ2v) is 6.02. The summed E-state index contributed by atoms with van der Waals surface area (Å²) in [6.45, 7) is 5.14. The second kappa shape index (κ2) is 6.26. The molecule has 3 heterocycles. The molecule has 2 aromatic rings. The van der Waals surface area contributed by atoms with Crippen molar-refractivity contribution in [2.24, 2.45) is 0 Å². The molecule has 112 valence electrons. The molecule has 2 aromatic heterocycles. The van der Waals surface area contributed by atoms with Gasteiger partial charge in [0.2, 0.25) is 5.91 Å². The predicted octanol–water partition coefficient (Wildman–Crippen LogP) is 1.72. The molecule has 0 aromatic carbocycles. The number of carbonyl (C=O) groups is 1. The summed E-state index contributed by atoms with van der Waals surface area (Å²) in [4.78, 5) is 20.8. The topological polar surface area (TPSA) is 62.5 Å². The van der Waals surface area contributed by atoms with E-state index in [1.54, 1.807) is 11.3 Å². The van der Waals surface area contributed by atoms with Gasteiger partial charge in [-0.25, -0.2) is 4.98 Å². The van der Waals surface area contributed by atoms with Gasteiger partial charge in [0.15, 0.2) is 5.13 Å². The fourth-order valence-electron chi connectivity index (χ4n) is 2.49. The number of carbonyl (C=O) groups excluding carboxylic acids is 1. The van der Waals surface area contributed by atoms with Gasteiger partial charge in [0.25, 0.3) is 0 Å².